The number of ether oxygens (including phenoxy) is 2. The number of para-hydroxylation sites is 1. The maximum Gasteiger partial charge on any atom is 0.573 e. The molecule has 0 aliphatic carbocycles. The fourth-order valence-electron chi connectivity index (χ4n) is 2.23. The maximum absolute atomic E-state index is 12.2. The van der Waals surface area contributed by atoms with Crippen LogP contribution in [0.25, 0.3) is 0 Å². The summed E-state index contributed by atoms with van der Waals surface area (Å²) < 4.78 is 45.8. The van der Waals surface area contributed by atoms with E-state index >= 15 is 0 Å². The number of methoxy groups -OCH3 is 1. The number of rotatable bonds is 7. The Morgan fingerprint density at radius 2 is 1.88 bits per heavy atom. The van der Waals surface area contributed by atoms with E-state index in [-0.39, 0.29) is 12.3 Å². The van der Waals surface area contributed by atoms with E-state index < -0.39 is 12.5 Å². The van der Waals surface area contributed by atoms with Crippen LogP contribution in [0.2, 0.25) is 0 Å². The molecule has 2 rings (SSSR count). The van der Waals surface area contributed by atoms with Crippen molar-refractivity contribution in [1.29, 1.82) is 0 Å². The van der Waals surface area contributed by atoms with Crippen LogP contribution in [0.5, 0.6) is 11.5 Å². The molecule has 0 heterocycles. The van der Waals surface area contributed by atoms with Gasteiger partial charge in [0.05, 0.1) is 13.2 Å². The summed E-state index contributed by atoms with van der Waals surface area (Å²) in [7, 11) is 1.57. The average Bonchev–Trinajstić information content (AvgIpc) is 2.54. The van der Waals surface area contributed by atoms with Gasteiger partial charge in [0.2, 0.25) is 0 Å². The predicted molar refractivity (Wildman–Crippen MR) is 82.8 cm³/mol. The van der Waals surface area contributed by atoms with Gasteiger partial charge < -0.3 is 19.9 Å². The van der Waals surface area contributed by atoms with Crippen molar-refractivity contribution in [2.75, 3.05) is 13.7 Å². The Balaban J connectivity index is 1.93. The highest BCUT2D eigenvalue weighted by Gasteiger charge is 2.31. The molecular weight excluding hydrogens is 323 g/mol. The van der Waals surface area contributed by atoms with Crippen molar-refractivity contribution in [1.82, 2.24) is 5.32 Å². The maximum atomic E-state index is 12.2. The molecule has 0 saturated carbocycles. The smallest absolute Gasteiger partial charge is 0.496 e. The molecule has 24 heavy (non-hydrogen) atoms. The first-order chi connectivity index (χ1) is 11.4. The lowest BCUT2D eigenvalue weighted by Gasteiger charge is -2.15. The standard InChI is InChI=1S/C17H18F3NO3/c1-23-16-8-3-2-5-13(16)10-21-11-15(22)12-6-4-7-14(9-12)24-17(18,19)20/h2-9,15,21-22H,10-11H2,1H3/t15-/m0/s1. The molecular formula is C17H18F3NO3. The van der Waals surface area contributed by atoms with E-state index in [2.05, 4.69) is 10.1 Å². The monoisotopic (exact) mass is 341 g/mol. The molecule has 7 heteroatoms. The van der Waals surface area contributed by atoms with E-state index in [4.69, 9.17) is 4.74 Å². The third kappa shape index (κ3) is 5.43. The summed E-state index contributed by atoms with van der Waals surface area (Å²) in [5.41, 5.74) is 1.26. The lowest BCUT2D eigenvalue weighted by atomic mass is 10.1. The summed E-state index contributed by atoms with van der Waals surface area (Å²) in [6.07, 6.45) is -5.72. The Bertz CT molecular complexity index is 662. The minimum absolute atomic E-state index is 0.174. The number of aliphatic hydroxyl groups is 1. The molecule has 0 aliphatic rings. The van der Waals surface area contributed by atoms with Gasteiger partial charge in [-0.1, -0.05) is 30.3 Å². The lowest BCUT2D eigenvalue weighted by molar-refractivity contribution is -0.274. The van der Waals surface area contributed by atoms with Crippen LogP contribution in [0.3, 0.4) is 0 Å². The van der Waals surface area contributed by atoms with Crippen LogP contribution in [0, 0.1) is 0 Å². The third-order valence-electron chi connectivity index (χ3n) is 3.32. The van der Waals surface area contributed by atoms with Crippen molar-refractivity contribution in [3.8, 4) is 11.5 Å². The second kappa shape index (κ2) is 8.03. The van der Waals surface area contributed by atoms with Crippen LogP contribution in [0.4, 0.5) is 13.2 Å². The van der Waals surface area contributed by atoms with Crippen molar-refractivity contribution in [2.24, 2.45) is 0 Å². The topological polar surface area (TPSA) is 50.7 Å². The second-order valence-electron chi connectivity index (χ2n) is 5.08. The van der Waals surface area contributed by atoms with Crippen LogP contribution in [-0.2, 0) is 6.54 Å². The molecule has 0 aliphatic heterocycles. The largest absolute Gasteiger partial charge is 0.573 e. The van der Waals surface area contributed by atoms with Crippen molar-refractivity contribution >= 4 is 0 Å². The molecule has 0 bridgehead atoms. The van der Waals surface area contributed by atoms with Crippen molar-refractivity contribution in [3.05, 3.63) is 59.7 Å². The molecule has 0 fully saturated rings. The van der Waals surface area contributed by atoms with Gasteiger partial charge in [-0.3, -0.25) is 0 Å². The summed E-state index contributed by atoms with van der Waals surface area (Å²) in [6.45, 7) is 0.632. The third-order valence-corrected chi connectivity index (χ3v) is 3.32. The molecule has 130 valence electrons. The van der Waals surface area contributed by atoms with Crippen LogP contribution >= 0.6 is 0 Å². The molecule has 1 atom stereocenters. The number of alkyl halides is 3. The Labute approximate surface area is 137 Å². The van der Waals surface area contributed by atoms with Gasteiger partial charge in [0.1, 0.15) is 11.5 Å². The van der Waals surface area contributed by atoms with Crippen LogP contribution < -0.4 is 14.8 Å². The van der Waals surface area contributed by atoms with Gasteiger partial charge >= 0.3 is 6.36 Å². The Morgan fingerprint density at radius 3 is 2.58 bits per heavy atom. The van der Waals surface area contributed by atoms with E-state index in [0.29, 0.717) is 12.1 Å². The quantitative estimate of drug-likeness (QED) is 0.810. The number of hydrogen-bond acceptors (Lipinski definition) is 4. The molecule has 0 spiro atoms. The first-order valence-electron chi connectivity index (χ1n) is 7.25. The van der Waals surface area contributed by atoms with E-state index in [0.717, 1.165) is 11.3 Å². The van der Waals surface area contributed by atoms with Crippen LogP contribution in [0.15, 0.2) is 48.5 Å². The minimum Gasteiger partial charge on any atom is -0.496 e. The van der Waals surface area contributed by atoms with E-state index in [1.54, 1.807) is 13.2 Å². The molecule has 2 aromatic carbocycles. The van der Waals surface area contributed by atoms with Gasteiger partial charge in [-0.15, -0.1) is 13.2 Å². The number of hydrogen-bond donors (Lipinski definition) is 2. The van der Waals surface area contributed by atoms with Crippen molar-refractivity contribution < 1.29 is 27.8 Å². The minimum atomic E-state index is -4.76. The zero-order chi connectivity index (χ0) is 17.6. The van der Waals surface area contributed by atoms with Crippen LogP contribution in [0.1, 0.15) is 17.2 Å². The van der Waals surface area contributed by atoms with E-state index in [9.17, 15) is 18.3 Å². The normalized spacial score (nSPS) is 12.7. The zero-order valence-electron chi connectivity index (χ0n) is 13.0. The number of aliphatic hydroxyl groups excluding tert-OH is 1. The van der Waals surface area contributed by atoms with Gasteiger partial charge in [0.25, 0.3) is 0 Å². The van der Waals surface area contributed by atoms with Gasteiger partial charge in [-0.25, -0.2) is 0 Å². The molecule has 2 N–H and O–H groups in total. The van der Waals surface area contributed by atoms with Gasteiger partial charge in [0, 0.05) is 18.7 Å². The number of benzene rings is 2. The predicted octanol–water partition coefficient (Wildman–Crippen LogP) is 3.42. The fraction of sp³-hybridized carbons (Fsp3) is 0.294. The summed E-state index contributed by atoms with van der Waals surface area (Å²) in [5.74, 6) is 0.365. The average molecular weight is 341 g/mol. The summed E-state index contributed by atoms with van der Waals surface area (Å²) in [4.78, 5) is 0. The zero-order valence-corrected chi connectivity index (χ0v) is 13.0. The molecule has 0 aromatic heterocycles. The molecule has 0 amide bonds. The molecule has 0 radical (unpaired) electrons. The second-order valence-corrected chi connectivity index (χ2v) is 5.08. The SMILES string of the molecule is COc1ccccc1CNC[C@H](O)c1cccc(OC(F)(F)F)c1. The Kier molecular flexibility index (Phi) is 6.05. The first kappa shape index (κ1) is 18.1. The Hall–Kier alpha value is -2.25. The first-order valence-corrected chi connectivity index (χ1v) is 7.25. The fourth-order valence-corrected chi connectivity index (χ4v) is 2.23. The molecule has 0 unspecified atom stereocenters. The molecule has 2 aromatic rings. The lowest BCUT2D eigenvalue weighted by Crippen LogP contribution is -2.21. The summed E-state index contributed by atoms with van der Waals surface area (Å²) in [5, 5.41) is 13.2. The van der Waals surface area contributed by atoms with E-state index in [1.807, 2.05) is 24.3 Å². The van der Waals surface area contributed by atoms with Gasteiger partial charge in [-0.05, 0) is 23.8 Å². The number of halogens is 3. The van der Waals surface area contributed by atoms with Gasteiger partial charge in [-0.2, -0.15) is 0 Å². The van der Waals surface area contributed by atoms with E-state index in [1.165, 1.54) is 18.2 Å². The highest BCUT2D eigenvalue weighted by Crippen LogP contribution is 2.25. The highest BCUT2D eigenvalue weighted by molar-refractivity contribution is 5.33. The molecule has 4 nitrogen and oxygen atoms in total. The van der Waals surface area contributed by atoms with Gasteiger partial charge in [0.15, 0.2) is 0 Å². The van der Waals surface area contributed by atoms with Crippen molar-refractivity contribution in [3.63, 3.8) is 0 Å². The highest BCUT2D eigenvalue weighted by atomic mass is 19.4. The summed E-state index contributed by atoms with van der Waals surface area (Å²) >= 11 is 0. The molecule has 0 saturated heterocycles. The number of nitrogens with one attached hydrogen (secondary N) is 1. The Morgan fingerprint density at radius 1 is 1.12 bits per heavy atom. The van der Waals surface area contributed by atoms with Crippen LogP contribution in [-0.4, -0.2) is 25.1 Å². The van der Waals surface area contributed by atoms with Crippen molar-refractivity contribution in [2.45, 2.75) is 19.0 Å². The summed E-state index contributed by atoms with van der Waals surface area (Å²) in [6, 6.07) is 12.7.